The van der Waals surface area contributed by atoms with Crippen LogP contribution < -0.4 is 9.47 Å². The highest BCUT2D eigenvalue weighted by Crippen LogP contribution is 2.42. The third-order valence-electron chi connectivity index (χ3n) is 10.1. The molecule has 0 radical (unpaired) electrons. The molecule has 3 aromatic carbocycles. The maximum atomic E-state index is 11.6. The Balaban J connectivity index is 1.74. The molecule has 0 spiro atoms. The first-order valence-electron chi connectivity index (χ1n) is 20.5. The van der Waals surface area contributed by atoms with Gasteiger partial charge in [-0.2, -0.15) is 0 Å². The highest BCUT2D eigenvalue weighted by atomic mass is 32.2. The van der Waals surface area contributed by atoms with Gasteiger partial charge in [0, 0.05) is 6.61 Å². The Hall–Kier alpha value is -2.51. The molecular formula is C46H70O5S. The van der Waals surface area contributed by atoms with E-state index in [9.17, 15) is 5.11 Å². The third kappa shape index (κ3) is 15.5. The molecule has 0 aromatic heterocycles. The number of aliphatic hydroxyl groups excluding tert-OH is 1. The smallest absolute Gasteiger partial charge is 0.143 e. The number of unbranched alkanes of at least 4 members (excludes halogenated alkanes) is 16. The summed E-state index contributed by atoms with van der Waals surface area (Å²) >= 11 is 1.61. The predicted octanol–water partition coefficient (Wildman–Crippen LogP) is 12.5. The van der Waals surface area contributed by atoms with Crippen LogP contribution >= 0.6 is 11.8 Å². The van der Waals surface area contributed by atoms with Crippen LogP contribution in [0.1, 0.15) is 146 Å². The summed E-state index contributed by atoms with van der Waals surface area (Å²) in [6, 6.07) is 26.6. The summed E-state index contributed by atoms with van der Waals surface area (Å²) in [6.45, 7) is 5.38. The van der Waals surface area contributed by atoms with Crippen LogP contribution in [-0.4, -0.2) is 49.8 Å². The van der Waals surface area contributed by atoms with Gasteiger partial charge in [-0.05, 0) is 59.6 Å². The lowest BCUT2D eigenvalue weighted by Gasteiger charge is -2.37. The van der Waals surface area contributed by atoms with E-state index in [1.807, 2.05) is 42.5 Å². The molecule has 0 aliphatic carbocycles. The van der Waals surface area contributed by atoms with Crippen molar-refractivity contribution in [3.8, 4) is 11.5 Å². The Bertz CT molecular complexity index is 1220. The van der Waals surface area contributed by atoms with Crippen LogP contribution in [0.4, 0.5) is 0 Å². The molecule has 3 rings (SSSR count). The predicted molar refractivity (Wildman–Crippen MR) is 221 cm³/mol. The maximum Gasteiger partial charge on any atom is 0.143 e. The van der Waals surface area contributed by atoms with E-state index in [0.717, 1.165) is 53.2 Å². The van der Waals surface area contributed by atoms with Crippen LogP contribution in [0.3, 0.4) is 0 Å². The van der Waals surface area contributed by atoms with E-state index < -0.39 is 17.1 Å². The molecule has 5 nitrogen and oxygen atoms in total. The number of benzene rings is 3. The first kappa shape index (κ1) is 43.9. The summed E-state index contributed by atoms with van der Waals surface area (Å²) in [6.07, 6.45) is 22.5. The van der Waals surface area contributed by atoms with Gasteiger partial charge in [-0.3, -0.25) is 0 Å². The molecule has 0 bridgehead atoms. The van der Waals surface area contributed by atoms with Crippen molar-refractivity contribution in [2.24, 2.45) is 0 Å². The van der Waals surface area contributed by atoms with Gasteiger partial charge in [-0.25, -0.2) is 0 Å². The topological polar surface area (TPSA) is 57.2 Å². The number of methoxy groups -OCH3 is 2. The average molecular weight is 735 g/mol. The van der Waals surface area contributed by atoms with Crippen molar-refractivity contribution in [2.45, 2.75) is 147 Å². The van der Waals surface area contributed by atoms with Gasteiger partial charge in [0.15, 0.2) is 0 Å². The van der Waals surface area contributed by atoms with Gasteiger partial charge >= 0.3 is 0 Å². The Morgan fingerprint density at radius 3 is 1.42 bits per heavy atom. The van der Waals surface area contributed by atoms with Crippen LogP contribution in [-0.2, 0) is 15.1 Å². The molecule has 2 atom stereocenters. The molecule has 6 heteroatoms. The molecule has 0 aliphatic rings. The zero-order valence-corrected chi connectivity index (χ0v) is 33.8. The number of thioether (sulfide) groups is 1. The fourth-order valence-electron chi connectivity index (χ4n) is 6.87. The molecule has 290 valence electrons. The van der Waals surface area contributed by atoms with E-state index in [4.69, 9.17) is 18.9 Å². The number of rotatable bonds is 31. The van der Waals surface area contributed by atoms with E-state index in [1.165, 1.54) is 96.3 Å². The second kappa shape index (κ2) is 27.1. The molecule has 0 amide bonds. The second-order valence-electron chi connectivity index (χ2n) is 14.1. The van der Waals surface area contributed by atoms with Gasteiger partial charge in [0.2, 0.25) is 0 Å². The molecule has 0 aliphatic heterocycles. The summed E-state index contributed by atoms with van der Waals surface area (Å²) in [4.78, 5) is 0. The van der Waals surface area contributed by atoms with Crippen molar-refractivity contribution < 1.29 is 24.1 Å². The van der Waals surface area contributed by atoms with Gasteiger partial charge in [0.25, 0.3) is 0 Å². The van der Waals surface area contributed by atoms with E-state index >= 15 is 0 Å². The van der Waals surface area contributed by atoms with Gasteiger partial charge in [-0.1, -0.05) is 171 Å². The van der Waals surface area contributed by atoms with Crippen LogP contribution in [0.15, 0.2) is 78.9 Å². The zero-order valence-electron chi connectivity index (χ0n) is 33.0. The van der Waals surface area contributed by atoms with Crippen molar-refractivity contribution in [2.75, 3.05) is 33.2 Å². The fraction of sp³-hybridized carbons (Fsp3) is 0.609. The molecule has 0 fully saturated rings. The SMILES string of the molecule is CCCCCCCCCCCCSC(O)[C@@H](COC(c1ccccc1)(c1ccc(OC)cc1)c1ccc(OC)cc1)OCCCCCCCCCC. The highest BCUT2D eigenvalue weighted by Gasteiger charge is 2.39. The molecule has 1 unspecified atom stereocenters. The van der Waals surface area contributed by atoms with Crippen molar-refractivity contribution in [3.05, 3.63) is 95.6 Å². The van der Waals surface area contributed by atoms with Crippen LogP contribution in [0.25, 0.3) is 0 Å². The molecular weight excluding hydrogens is 665 g/mol. The van der Waals surface area contributed by atoms with Crippen molar-refractivity contribution in [3.63, 3.8) is 0 Å². The van der Waals surface area contributed by atoms with E-state index in [-0.39, 0.29) is 6.61 Å². The minimum Gasteiger partial charge on any atom is -0.497 e. The monoisotopic (exact) mass is 734 g/mol. The normalized spacial score (nSPS) is 12.9. The Morgan fingerprint density at radius 1 is 0.538 bits per heavy atom. The number of ether oxygens (including phenoxy) is 4. The van der Waals surface area contributed by atoms with Gasteiger partial charge < -0.3 is 24.1 Å². The summed E-state index contributed by atoms with van der Waals surface area (Å²) in [5.41, 5.74) is 1.30. The molecule has 0 saturated heterocycles. The Labute approximate surface area is 321 Å². The van der Waals surface area contributed by atoms with Crippen molar-refractivity contribution in [1.29, 1.82) is 0 Å². The maximum absolute atomic E-state index is 11.6. The van der Waals surface area contributed by atoms with Gasteiger partial charge in [-0.15, -0.1) is 11.8 Å². The van der Waals surface area contributed by atoms with Gasteiger partial charge in [0.05, 0.1) is 20.8 Å². The minimum atomic E-state index is -0.958. The third-order valence-corrected chi connectivity index (χ3v) is 11.2. The van der Waals surface area contributed by atoms with Crippen LogP contribution in [0, 0.1) is 0 Å². The van der Waals surface area contributed by atoms with E-state index in [1.54, 1.807) is 26.0 Å². The highest BCUT2D eigenvalue weighted by molar-refractivity contribution is 7.99. The number of aliphatic hydroxyl groups is 1. The first-order chi connectivity index (χ1) is 25.6. The van der Waals surface area contributed by atoms with Crippen LogP contribution in [0.2, 0.25) is 0 Å². The van der Waals surface area contributed by atoms with Crippen molar-refractivity contribution >= 4 is 11.8 Å². The zero-order chi connectivity index (χ0) is 37.1. The summed E-state index contributed by atoms with van der Waals surface area (Å²) in [5, 5.41) is 11.6. The fourth-order valence-corrected chi connectivity index (χ4v) is 7.85. The Kier molecular flexibility index (Phi) is 22.9. The second-order valence-corrected chi connectivity index (χ2v) is 15.4. The molecule has 3 aromatic rings. The average Bonchev–Trinajstić information content (AvgIpc) is 3.19. The summed E-state index contributed by atoms with van der Waals surface area (Å²) in [5.74, 6) is 2.48. The summed E-state index contributed by atoms with van der Waals surface area (Å²) in [7, 11) is 3.37. The molecule has 52 heavy (non-hydrogen) atoms. The Morgan fingerprint density at radius 2 is 0.962 bits per heavy atom. The number of hydrogen-bond donors (Lipinski definition) is 1. The lowest BCUT2D eigenvalue weighted by Crippen LogP contribution is -2.39. The summed E-state index contributed by atoms with van der Waals surface area (Å²) < 4.78 is 24.8. The largest absolute Gasteiger partial charge is 0.497 e. The van der Waals surface area contributed by atoms with E-state index in [2.05, 4.69) is 50.2 Å². The minimum absolute atomic E-state index is 0.232. The van der Waals surface area contributed by atoms with E-state index in [0.29, 0.717) is 6.61 Å². The first-order valence-corrected chi connectivity index (χ1v) is 21.5. The molecule has 1 N–H and O–H groups in total. The molecule has 0 saturated carbocycles. The van der Waals surface area contributed by atoms with Crippen molar-refractivity contribution in [1.82, 2.24) is 0 Å². The number of hydrogen-bond acceptors (Lipinski definition) is 6. The quantitative estimate of drug-likeness (QED) is 0.0403. The van der Waals surface area contributed by atoms with Gasteiger partial charge in [0.1, 0.15) is 28.6 Å². The lowest BCUT2D eigenvalue weighted by atomic mass is 9.80. The standard InChI is InChI=1S/C46H70O5S/c1-5-7-9-11-13-15-16-18-20-25-37-52-45(47)44(50-36-24-19-17-14-12-10-8-6-2)38-51-46(39-26-22-21-23-27-39,40-28-32-42(48-3)33-29-40)41-30-34-43(49-4)35-31-41/h21-23,26-35,44-45,47H,5-20,24-25,36-38H2,1-4H3/t44-,45?/m1/s1. The van der Waals surface area contributed by atoms with Crippen LogP contribution in [0.5, 0.6) is 11.5 Å². The lowest BCUT2D eigenvalue weighted by molar-refractivity contribution is -0.0886. The molecule has 0 heterocycles.